The standard InChI is InChI=1S/C22H30ClN3OS/c1-3-4-12-26-19(15-28-22(26)25-17-8-6-5-7-9-17)14-21(27)24-18-11-10-16(2)20(23)13-18/h10-11,13,15,17H,3-9,12,14H2,1-2H3,(H,24,27). The van der Waals surface area contributed by atoms with E-state index < -0.39 is 0 Å². The Balaban J connectivity index is 1.75. The molecule has 1 N–H and O–H groups in total. The van der Waals surface area contributed by atoms with Crippen molar-refractivity contribution in [3.05, 3.63) is 44.7 Å². The molecule has 3 rings (SSSR count). The number of carbonyl (C=O) groups is 1. The monoisotopic (exact) mass is 419 g/mol. The Morgan fingerprint density at radius 2 is 2.11 bits per heavy atom. The van der Waals surface area contributed by atoms with Crippen molar-refractivity contribution >= 4 is 34.5 Å². The maximum Gasteiger partial charge on any atom is 0.230 e. The molecule has 1 aromatic carbocycles. The minimum atomic E-state index is -0.0211. The number of hydrogen-bond acceptors (Lipinski definition) is 3. The van der Waals surface area contributed by atoms with Crippen molar-refractivity contribution < 1.29 is 4.79 Å². The number of halogens is 1. The van der Waals surface area contributed by atoms with Crippen LogP contribution in [0.15, 0.2) is 28.6 Å². The summed E-state index contributed by atoms with van der Waals surface area (Å²) in [6, 6.07) is 6.06. The van der Waals surface area contributed by atoms with Gasteiger partial charge in [0.25, 0.3) is 0 Å². The number of nitrogens with zero attached hydrogens (tertiary/aromatic N) is 2. The van der Waals surface area contributed by atoms with Crippen LogP contribution in [-0.2, 0) is 17.8 Å². The molecule has 152 valence electrons. The van der Waals surface area contributed by atoms with Crippen LogP contribution >= 0.6 is 22.9 Å². The number of amides is 1. The van der Waals surface area contributed by atoms with Crippen molar-refractivity contribution in [3.63, 3.8) is 0 Å². The number of aromatic nitrogens is 1. The quantitative estimate of drug-likeness (QED) is 0.612. The fourth-order valence-corrected chi connectivity index (χ4v) is 4.75. The minimum Gasteiger partial charge on any atom is -0.326 e. The fourth-order valence-electron chi connectivity index (χ4n) is 3.57. The molecule has 0 aliphatic heterocycles. The first-order valence-electron chi connectivity index (χ1n) is 10.3. The summed E-state index contributed by atoms with van der Waals surface area (Å²) in [5, 5.41) is 5.73. The van der Waals surface area contributed by atoms with Crippen LogP contribution < -0.4 is 10.1 Å². The van der Waals surface area contributed by atoms with Gasteiger partial charge in [-0.05, 0) is 43.9 Å². The van der Waals surface area contributed by atoms with Crippen LogP contribution in [-0.4, -0.2) is 16.5 Å². The number of carbonyl (C=O) groups excluding carboxylic acids is 1. The average Bonchev–Trinajstić information content (AvgIpc) is 3.05. The number of rotatable bonds is 7. The normalized spacial score (nSPS) is 15.8. The number of unbranched alkanes of at least 4 members (excludes halogenated alkanes) is 1. The van der Waals surface area contributed by atoms with Crippen LogP contribution in [0.5, 0.6) is 0 Å². The third kappa shape index (κ3) is 5.71. The van der Waals surface area contributed by atoms with Gasteiger partial charge in [-0.25, -0.2) is 0 Å². The summed E-state index contributed by atoms with van der Waals surface area (Å²) in [6.07, 6.45) is 8.85. The maximum atomic E-state index is 12.6. The van der Waals surface area contributed by atoms with Crippen LogP contribution in [0.2, 0.25) is 5.02 Å². The van der Waals surface area contributed by atoms with Crippen molar-refractivity contribution in [1.29, 1.82) is 0 Å². The Bertz CT molecular complexity index is 865. The highest BCUT2D eigenvalue weighted by atomic mass is 35.5. The van der Waals surface area contributed by atoms with E-state index in [0.717, 1.165) is 41.1 Å². The van der Waals surface area contributed by atoms with Crippen LogP contribution in [0.1, 0.15) is 63.1 Å². The molecule has 0 atom stereocenters. The zero-order valence-electron chi connectivity index (χ0n) is 16.8. The number of hydrogen-bond donors (Lipinski definition) is 1. The van der Waals surface area contributed by atoms with E-state index in [1.807, 2.05) is 19.1 Å². The SMILES string of the molecule is CCCCn1c(CC(=O)Nc2ccc(C)c(Cl)c2)csc1=NC1CCCCC1. The Labute approximate surface area is 176 Å². The van der Waals surface area contributed by atoms with E-state index in [4.69, 9.17) is 16.6 Å². The topological polar surface area (TPSA) is 46.4 Å². The highest BCUT2D eigenvalue weighted by Crippen LogP contribution is 2.21. The molecule has 0 radical (unpaired) electrons. The second-order valence-electron chi connectivity index (χ2n) is 7.62. The maximum absolute atomic E-state index is 12.6. The van der Waals surface area contributed by atoms with Gasteiger partial charge in [-0.3, -0.25) is 9.79 Å². The summed E-state index contributed by atoms with van der Waals surface area (Å²) in [5.41, 5.74) is 2.79. The molecule has 0 bridgehead atoms. The highest BCUT2D eigenvalue weighted by molar-refractivity contribution is 7.07. The van der Waals surface area contributed by atoms with Gasteiger partial charge < -0.3 is 9.88 Å². The van der Waals surface area contributed by atoms with Gasteiger partial charge >= 0.3 is 0 Å². The average molecular weight is 420 g/mol. The van der Waals surface area contributed by atoms with Crippen LogP contribution in [0.25, 0.3) is 0 Å². The first kappa shape index (κ1) is 21.1. The third-order valence-electron chi connectivity index (χ3n) is 5.28. The molecule has 6 heteroatoms. The summed E-state index contributed by atoms with van der Waals surface area (Å²) in [4.78, 5) is 18.7. The fraction of sp³-hybridized carbons (Fsp3) is 0.545. The molecule has 0 spiro atoms. The van der Waals surface area contributed by atoms with E-state index in [1.165, 1.54) is 32.1 Å². The van der Waals surface area contributed by atoms with E-state index in [-0.39, 0.29) is 5.91 Å². The van der Waals surface area contributed by atoms with Crippen LogP contribution in [0, 0.1) is 6.92 Å². The van der Waals surface area contributed by atoms with Crippen molar-refractivity contribution in [2.45, 2.75) is 77.8 Å². The first-order valence-corrected chi connectivity index (χ1v) is 11.6. The molecule has 1 amide bonds. The molecule has 1 fully saturated rings. The van der Waals surface area contributed by atoms with Gasteiger partial charge in [-0.2, -0.15) is 0 Å². The molecular formula is C22H30ClN3OS. The number of aryl methyl sites for hydroxylation is 1. The lowest BCUT2D eigenvalue weighted by Gasteiger charge is -2.17. The van der Waals surface area contributed by atoms with Crippen molar-refractivity contribution in [2.75, 3.05) is 5.32 Å². The van der Waals surface area contributed by atoms with E-state index in [0.29, 0.717) is 17.5 Å². The number of thiazole rings is 1. The van der Waals surface area contributed by atoms with Gasteiger partial charge in [0.05, 0.1) is 12.5 Å². The summed E-state index contributed by atoms with van der Waals surface area (Å²) in [5.74, 6) is -0.0211. The number of nitrogens with one attached hydrogen (secondary N) is 1. The summed E-state index contributed by atoms with van der Waals surface area (Å²) in [6.45, 7) is 5.07. The predicted octanol–water partition coefficient (Wildman–Crippen LogP) is 5.73. The molecule has 0 saturated heterocycles. The van der Waals surface area contributed by atoms with Crippen molar-refractivity contribution in [2.24, 2.45) is 4.99 Å². The van der Waals surface area contributed by atoms with Crippen LogP contribution in [0.3, 0.4) is 0 Å². The van der Waals surface area contributed by atoms with Crippen molar-refractivity contribution in [1.82, 2.24) is 4.57 Å². The van der Waals surface area contributed by atoms with E-state index in [9.17, 15) is 4.79 Å². The highest BCUT2D eigenvalue weighted by Gasteiger charge is 2.15. The number of benzene rings is 1. The van der Waals surface area contributed by atoms with E-state index in [2.05, 4.69) is 22.2 Å². The van der Waals surface area contributed by atoms with E-state index in [1.54, 1.807) is 17.4 Å². The Hall–Kier alpha value is -1.59. The largest absolute Gasteiger partial charge is 0.326 e. The van der Waals surface area contributed by atoms with E-state index >= 15 is 0 Å². The van der Waals surface area contributed by atoms with Crippen molar-refractivity contribution in [3.8, 4) is 0 Å². The zero-order valence-corrected chi connectivity index (χ0v) is 18.4. The second kappa shape index (κ2) is 10.3. The minimum absolute atomic E-state index is 0.0211. The molecule has 4 nitrogen and oxygen atoms in total. The Morgan fingerprint density at radius 1 is 1.32 bits per heavy atom. The summed E-state index contributed by atoms with van der Waals surface area (Å²) in [7, 11) is 0. The molecule has 1 aliphatic carbocycles. The lowest BCUT2D eigenvalue weighted by Crippen LogP contribution is -2.24. The van der Waals surface area contributed by atoms with Gasteiger partial charge in [0.2, 0.25) is 5.91 Å². The Morgan fingerprint density at radius 3 is 2.82 bits per heavy atom. The summed E-state index contributed by atoms with van der Waals surface area (Å²) < 4.78 is 2.25. The molecular weight excluding hydrogens is 390 g/mol. The number of anilines is 1. The smallest absolute Gasteiger partial charge is 0.230 e. The van der Waals surface area contributed by atoms with Gasteiger partial charge in [0.15, 0.2) is 4.80 Å². The zero-order chi connectivity index (χ0) is 19.9. The third-order valence-corrected chi connectivity index (χ3v) is 6.61. The van der Waals surface area contributed by atoms with Gasteiger partial charge in [-0.1, -0.05) is 50.3 Å². The molecule has 0 unspecified atom stereocenters. The molecule has 28 heavy (non-hydrogen) atoms. The van der Waals surface area contributed by atoms with Gasteiger partial charge in [-0.15, -0.1) is 11.3 Å². The molecule has 1 saturated carbocycles. The predicted molar refractivity (Wildman–Crippen MR) is 118 cm³/mol. The lowest BCUT2D eigenvalue weighted by molar-refractivity contribution is -0.115. The molecule has 1 aliphatic rings. The van der Waals surface area contributed by atoms with Crippen LogP contribution in [0.4, 0.5) is 5.69 Å². The lowest BCUT2D eigenvalue weighted by atomic mass is 9.96. The van der Waals surface area contributed by atoms with Gasteiger partial charge in [0.1, 0.15) is 0 Å². The molecule has 1 heterocycles. The molecule has 2 aromatic rings. The molecule has 1 aromatic heterocycles. The van der Waals surface area contributed by atoms with Gasteiger partial charge in [0, 0.05) is 28.3 Å². The summed E-state index contributed by atoms with van der Waals surface area (Å²) >= 11 is 7.84. The first-order chi connectivity index (χ1) is 13.6. The Kier molecular flexibility index (Phi) is 7.74. The second-order valence-corrected chi connectivity index (χ2v) is 8.87.